The second-order valence-corrected chi connectivity index (χ2v) is 7.58. The predicted molar refractivity (Wildman–Crippen MR) is 109 cm³/mol. The molecule has 1 fully saturated rings. The third-order valence-electron chi connectivity index (χ3n) is 5.39. The fourth-order valence-electron chi connectivity index (χ4n) is 3.72. The maximum atomic E-state index is 12.2. The largest absolute Gasteiger partial charge is 0.379 e. The second-order valence-electron chi connectivity index (χ2n) is 7.58. The molecule has 1 amide bonds. The minimum atomic E-state index is -1.84. The van der Waals surface area contributed by atoms with E-state index < -0.39 is 41.8 Å². The molecular formula is C22H33NO6. The molecule has 1 aliphatic heterocycles. The molecule has 29 heavy (non-hydrogen) atoms. The summed E-state index contributed by atoms with van der Waals surface area (Å²) in [6.07, 6.45) is 13.4. The first-order valence-electron chi connectivity index (χ1n) is 10.3. The number of nitrogens with one attached hydrogen (secondary N) is 1. The van der Waals surface area contributed by atoms with Gasteiger partial charge in [-0.2, -0.15) is 0 Å². The van der Waals surface area contributed by atoms with Crippen LogP contribution in [0.2, 0.25) is 0 Å². The highest BCUT2D eigenvalue weighted by atomic mass is 16.6. The number of rotatable bonds is 10. The Balaban J connectivity index is 1.79. The van der Waals surface area contributed by atoms with Crippen molar-refractivity contribution < 1.29 is 29.3 Å². The number of unbranched alkanes of at least 4 members (excludes halogenated alkanes) is 5. The van der Waals surface area contributed by atoms with Gasteiger partial charge in [-0.05, 0) is 50.8 Å². The van der Waals surface area contributed by atoms with E-state index in [2.05, 4.69) is 17.5 Å². The summed E-state index contributed by atoms with van der Waals surface area (Å²) >= 11 is 0. The second kappa shape index (κ2) is 11.4. The summed E-state index contributed by atoms with van der Waals surface area (Å²) in [4.78, 5) is 24.4. The van der Waals surface area contributed by atoms with Gasteiger partial charge < -0.3 is 25.0 Å². The Morgan fingerprint density at radius 3 is 2.66 bits per heavy atom. The van der Waals surface area contributed by atoms with E-state index in [1.807, 2.05) is 6.92 Å². The van der Waals surface area contributed by atoms with Crippen LogP contribution in [0.5, 0.6) is 0 Å². The number of carbonyl (C=O) groups excluding carboxylic acids is 2. The van der Waals surface area contributed by atoms with Gasteiger partial charge in [0.1, 0.15) is 12.2 Å². The predicted octanol–water partition coefficient (Wildman–Crippen LogP) is 1.94. The summed E-state index contributed by atoms with van der Waals surface area (Å²) in [5.74, 6) is -0.915. The van der Waals surface area contributed by atoms with Gasteiger partial charge in [0.25, 0.3) is 0 Å². The molecule has 0 aromatic carbocycles. The monoisotopic (exact) mass is 407 g/mol. The van der Waals surface area contributed by atoms with Crippen LogP contribution in [-0.4, -0.2) is 59.2 Å². The first-order chi connectivity index (χ1) is 13.9. The van der Waals surface area contributed by atoms with Gasteiger partial charge in [-0.3, -0.25) is 9.59 Å². The van der Waals surface area contributed by atoms with Crippen molar-refractivity contribution in [2.24, 2.45) is 0 Å². The Kier molecular flexibility index (Phi) is 9.23. The number of allylic oxidation sites excluding steroid dienone is 3. The van der Waals surface area contributed by atoms with Crippen molar-refractivity contribution in [2.45, 2.75) is 82.0 Å². The van der Waals surface area contributed by atoms with Crippen LogP contribution in [-0.2, 0) is 19.1 Å². The summed E-state index contributed by atoms with van der Waals surface area (Å²) in [6, 6.07) is -0.895. The summed E-state index contributed by atoms with van der Waals surface area (Å²) in [5.41, 5.74) is -1.84. The molecular weight excluding hydrogens is 374 g/mol. The maximum Gasteiger partial charge on any atom is 0.244 e. The lowest BCUT2D eigenvalue weighted by Crippen LogP contribution is -2.67. The summed E-state index contributed by atoms with van der Waals surface area (Å²) in [7, 11) is 1.43. The normalized spacial score (nSPS) is 32.1. The van der Waals surface area contributed by atoms with Crippen LogP contribution < -0.4 is 5.32 Å². The van der Waals surface area contributed by atoms with Crippen LogP contribution >= 0.6 is 0 Å². The lowest BCUT2D eigenvalue weighted by Gasteiger charge is -2.47. The first-order valence-corrected chi connectivity index (χ1v) is 10.3. The molecule has 0 radical (unpaired) electrons. The van der Waals surface area contributed by atoms with E-state index in [9.17, 15) is 19.8 Å². The van der Waals surface area contributed by atoms with Crippen molar-refractivity contribution in [2.75, 3.05) is 7.11 Å². The quantitative estimate of drug-likeness (QED) is 0.290. The van der Waals surface area contributed by atoms with Gasteiger partial charge in [-0.25, -0.2) is 0 Å². The Bertz CT molecular complexity index is 643. The molecule has 0 unspecified atom stereocenters. The Morgan fingerprint density at radius 2 is 2.00 bits per heavy atom. The summed E-state index contributed by atoms with van der Waals surface area (Å²) < 4.78 is 10.7. The van der Waals surface area contributed by atoms with Crippen LogP contribution in [0.1, 0.15) is 51.9 Å². The minimum Gasteiger partial charge on any atom is -0.379 e. The average molecular weight is 408 g/mol. The third-order valence-corrected chi connectivity index (χ3v) is 5.39. The SMILES string of the molecule is C/C=C/CCCCCC/C=C/C(=O)N[C@H]1C[C@@]2(O)C(=O)C=C[C@@H](OC)[C@@H]2O[C@H]1O. The molecule has 1 heterocycles. The number of methoxy groups -OCH3 is 1. The van der Waals surface area contributed by atoms with Crippen molar-refractivity contribution >= 4 is 11.7 Å². The van der Waals surface area contributed by atoms with Gasteiger partial charge in [0, 0.05) is 13.5 Å². The van der Waals surface area contributed by atoms with E-state index in [1.54, 1.807) is 6.08 Å². The molecule has 0 spiro atoms. The lowest BCUT2D eigenvalue weighted by atomic mass is 9.77. The zero-order chi connectivity index (χ0) is 21.3. The lowest BCUT2D eigenvalue weighted by molar-refractivity contribution is -0.260. The van der Waals surface area contributed by atoms with Crippen LogP contribution in [0.25, 0.3) is 0 Å². The molecule has 5 atom stereocenters. The average Bonchev–Trinajstić information content (AvgIpc) is 2.69. The standard InChI is InChI=1S/C22H33NO6/c1-3-4-5-6-7-8-9-10-11-12-19(25)23-16-15-22(27)18(24)14-13-17(28-2)20(22)29-21(16)26/h3-4,11-14,16-17,20-21,26-27H,5-10,15H2,1-2H3,(H,23,25)/b4-3+,12-11+/t16-,17+,20-,21+,22+/m0/s1. The number of hydrogen-bond acceptors (Lipinski definition) is 6. The van der Waals surface area contributed by atoms with Crippen LogP contribution in [0.3, 0.4) is 0 Å². The van der Waals surface area contributed by atoms with Gasteiger partial charge in [0.05, 0.1) is 6.04 Å². The molecule has 2 rings (SSSR count). The Hall–Kier alpha value is -1.80. The topological polar surface area (TPSA) is 105 Å². The smallest absolute Gasteiger partial charge is 0.244 e. The highest BCUT2D eigenvalue weighted by Gasteiger charge is 2.56. The van der Waals surface area contributed by atoms with Crippen molar-refractivity contribution in [1.82, 2.24) is 5.32 Å². The third kappa shape index (κ3) is 6.34. The van der Waals surface area contributed by atoms with Gasteiger partial charge in [-0.1, -0.05) is 31.1 Å². The highest BCUT2D eigenvalue weighted by Crippen LogP contribution is 2.35. The Labute approximate surface area is 172 Å². The van der Waals surface area contributed by atoms with Crippen molar-refractivity contribution in [3.63, 3.8) is 0 Å². The molecule has 2 aliphatic rings. The van der Waals surface area contributed by atoms with Crippen molar-refractivity contribution in [3.8, 4) is 0 Å². The number of ether oxygens (including phenoxy) is 2. The number of aliphatic hydroxyl groups excluding tert-OH is 1. The zero-order valence-electron chi connectivity index (χ0n) is 17.3. The summed E-state index contributed by atoms with van der Waals surface area (Å²) in [5, 5.41) is 23.7. The van der Waals surface area contributed by atoms with Crippen molar-refractivity contribution in [3.05, 3.63) is 36.5 Å². The van der Waals surface area contributed by atoms with E-state index in [0.717, 1.165) is 25.7 Å². The minimum absolute atomic E-state index is 0.145. The van der Waals surface area contributed by atoms with Gasteiger partial charge in [0.2, 0.25) is 5.91 Å². The molecule has 7 nitrogen and oxygen atoms in total. The van der Waals surface area contributed by atoms with Crippen LogP contribution in [0.4, 0.5) is 0 Å². The van der Waals surface area contributed by atoms with E-state index in [0.29, 0.717) is 0 Å². The molecule has 0 aromatic heterocycles. The molecule has 0 aromatic rings. The number of amides is 1. The molecule has 3 N–H and O–H groups in total. The molecule has 162 valence electrons. The van der Waals surface area contributed by atoms with Gasteiger partial charge in [-0.15, -0.1) is 0 Å². The molecule has 0 saturated carbocycles. The Morgan fingerprint density at radius 1 is 1.31 bits per heavy atom. The van der Waals surface area contributed by atoms with Crippen LogP contribution in [0.15, 0.2) is 36.5 Å². The fraction of sp³-hybridized carbons (Fsp3) is 0.636. The number of carbonyl (C=O) groups is 2. The molecule has 7 heteroatoms. The first kappa shape index (κ1) is 23.5. The fourth-order valence-corrected chi connectivity index (χ4v) is 3.72. The highest BCUT2D eigenvalue weighted by molar-refractivity contribution is 5.99. The van der Waals surface area contributed by atoms with E-state index in [1.165, 1.54) is 38.2 Å². The van der Waals surface area contributed by atoms with Crippen LogP contribution in [0, 0.1) is 0 Å². The zero-order valence-corrected chi connectivity index (χ0v) is 17.3. The molecule has 1 saturated heterocycles. The summed E-state index contributed by atoms with van der Waals surface area (Å²) in [6.45, 7) is 2.02. The van der Waals surface area contributed by atoms with E-state index in [4.69, 9.17) is 9.47 Å². The number of aliphatic hydroxyl groups is 2. The van der Waals surface area contributed by atoms with Crippen molar-refractivity contribution in [1.29, 1.82) is 0 Å². The number of fused-ring (bicyclic) bond motifs is 1. The van der Waals surface area contributed by atoms with Gasteiger partial charge in [0.15, 0.2) is 17.7 Å². The van der Waals surface area contributed by atoms with E-state index in [-0.39, 0.29) is 6.42 Å². The number of hydrogen-bond donors (Lipinski definition) is 3. The van der Waals surface area contributed by atoms with Gasteiger partial charge >= 0.3 is 0 Å². The van der Waals surface area contributed by atoms with E-state index >= 15 is 0 Å². The maximum absolute atomic E-state index is 12.2. The molecule has 0 bridgehead atoms. The molecule has 1 aliphatic carbocycles. The number of ketones is 1.